The van der Waals surface area contributed by atoms with Gasteiger partial charge in [-0.2, -0.15) is 0 Å². The Bertz CT molecular complexity index is 865. The first-order valence-corrected chi connectivity index (χ1v) is 9.71. The summed E-state index contributed by atoms with van der Waals surface area (Å²) in [6, 6.07) is 12.6. The van der Waals surface area contributed by atoms with Crippen LogP contribution in [0.1, 0.15) is 6.92 Å². The monoisotopic (exact) mass is 417 g/mol. The number of anilines is 2. The van der Waals surface area contributed by atoms with Crippen LogP contribution in [0.2, 0.25) is 5.02 Å². The van der Waals surface area contributed by atoms with Crippen molar-refractivity contribution in [1.82, 2.24) is 4.90 Å². The van der Waals surface area contributed by atoms with E-state index in [-0.39, 0.29) is 18.4 Å². The molecule has 0 radical (unpaired) electrons. The van der Waals surface area contributed by atoms with Crippen molar-refractivity contribution in [3.05, 3.63) is 47.5 Å². The van der Waals surface area contributed by atoms with Crippen molar-refractivity contribution in [2.24, 2.45) is 0 Å². The fourth-order valence-electron chi connectivity index (χ4n) is 3.12. The van der Waals surface area contributed by atoms with Gasteiger partial charge in [-0.25, -0.2) is 0 Å². The lowest BCUT2D eigenvalue weighted by Crippen LogP contribution is -2.48. The first-order valence-electron chi connectivity index (χ1n) is 9.33. The molecule has 3 rings (SSSR count). The second-order valence-electron chi connectivity index (χ2n) is 6.67. The number of benzene rings is 2. The maximum Gasteiger partial charge on any atom is 0.262 e. The Morgan fingerprint density at radius 3 is 2.34 bits per heavy atom. The van der Waals surface area contributed by atoms with Crippen molar-refractivity contribution in [2.75, 3.05) is 50.1 Å². The molecule has 0 atom stereocenters. The lowest BCUT2D eigenvalue weighted by molar-refractivity contribution is -0.129. The highest BCUT2D eigenvalue weighted by Crippen LogP contribution is 2.27. The molecular weight excluding hydrogens is 394 g/mol. The second kappa shape index (κ2) is 9.52. The van der Waals surface area contributed by atoms with Crippen LogP contribution in [0.3, 0.4) is 0 Å². The lowest BCUT2D eigenvalue weighted by atomic mass is 10.2. The third-order valence-corrected chi connectivity index (χ3v) is 5.03. The predicted molar refractivity (Wildman–Crippen MR) is 113 cm³/mol. The van der Waals surface area contributed by atoms with Crippen LogP contribution >= 0.6 is 11.6 Å². The molecule has 2 amide bonds. The van der Waals surface area contributed by atoms with E-state index in [1.807, 2.05) is 29.2 Å². The molecule has 2 aromatic rings. The van der Waals surface area contributed by atoms with Gasteiger partial charge < -0.3 is 24.6 Å². The van der Waals surface area contributed by atoms with Crippen LogP contribution in [0, 0.1) is 0 Å². The van der Waals surface area contributed by atoms with Gasteiger partial charge in [-0.1, -0.05) is 11.6 Å². The standard InChI is InChI=1S/C21H24ClN3O4/c1-15(26)24-9-11-25(12-10-24)17-4-6-18(7-5-17)29-14-21(27)23-16-3-8-20(28-2)19(22)13-16/h3-8,13H,9-12,14H2,1-2H3,(H,23,27). The van der Waals surface area contributed by atoms with E-state index in [4.69, 9.17) is 21.1 Å². The smallest absolute Gasteiger partial charge is 0.262 e. The Hall–Kier alpha value is -2.93. The van der Waals surface area contributed by atoms with Gasteiger partial charge in [0.25, 0.3) is 5.91 Å². The van der Waals surface area contributed by atoms with E-state index in [0.29, 0.717) is 22.2 Å². The molecule has 0 aliphatic carbocycles. The minimum Gasteiger partial charge on any atom is -0.495 e. The van der Waals surface area contributed by atoms with Crippen molar-refractivity contribution >= 4 is 34.8 Å². The maximum absolute atomic E-state index is 12.1. The molecule has 29 heavy (non-hydrogen) atoms. The Morgan fingerprint density at radius 2 is 1.76 bits per heavy atom. The maximum atomic E-state index is 12.1. The third kappa shape index (κ3) is 5.54. The van der Waals surface area contributed by atoms with E-state index < -0.39 is 0 Å². The summed E-state index contributed by atoms with van der Waals surface area (Å²) in [6.07, 6.45) is 0. The van der Waals surface area contributed by atoms with Crippen LogP contribution in [-0.4, -0.2) is 56.6 Å². The van der Waals surface area contributed by atoms with Crippen LogP contribution in [0.25, 0.3) is 0 Å². The van der Waals surface area contributed by atoms with Crippen LogP contribution in [0.15, 0.2) is 42.5 Å². The molecule has 1 saturated heterocycles. The SMILES string of the molecule is COc1ccc(NC(=O)COc2ccc(N3CCN(C(C)=O)CC3)cc2)cc1Cl. The third-order valence-electron chi connectivity index (χ3n) is 4.73. The fourth-order valence-corrected chi connectivity index (χ4v) is 3.38. The molecule has 0 aromatic heterocycles. The summed E-state index contributed by atoms with van der Waals surface area (Å²) in [7, 11) is 1.53. The van der Waals surface area contributed by atoms with Crippen molar-refractivity contribution in [1.29, 1.82) is 0 Å². The Labute approximate surface area is 175 Å². The van der Waals surface area contributed by atoms with Crippen LogP contribution in [-0.2, 0) is 9.59 Å². The predicted octanol–water partition coefficient (Wildman–Crippen LogP) is 3.03. The molecule has 1 aliphatic heterocycles. The largest absolute Gasteiger partial charge is 0.495 e. The number of nitrogens with one attached hydrogen (secondary N) is 1. The summed E-state index contributed by atoms with van der Waals surface area (Å²) in [5.74, 6) is 0.988. The average molecular weight is 418 g/mol. The highest BCUT2D eigenvalue weighted by Gasteiger charge is 2.18. The van der Waals surface area contributed by atoms with Gasteiger partial charge in [0.2, 0.25) is 5.91 Å². The molecule has 1 fully saturated rings. The molecular formula is C21H24ClN3O4. The number of ether oxygens (including phenoxy) is 2. The van der Waals surface area contributed by atoms with Gasteiger partial charge in [0.1, 0.15) is 11.5 Å². The number of piperazine rings is 1. The summed E-state index contributed by atoms with van der Waals surface area (Å²) >= 11 is 6.06. The Morgan fingerprint density at radius 1 is 1.07 bits per heavy atom. The molecule has 8 heteroatoms. The molecule has 0 spiro atoms. The van der Waals surface area contributed by atoms with E-state index in [1.165, 1.54) is 7.11 Å². The highest BCUT2D eigenvalue weighted by atomic mass is 35.5. The number of hydrogen-bond donors (Lipinski definition) is 1. The zero-order valence-electron chi connectivity index (χ0n) is 16.5. The molecule has 154 valence electrons. The molecule has 7 nitrogen and oxygen atoms in total. The average Bonchev–Trinajstić information content (AvgIpc) is 2.73. The van der Waals surface area contributed by atoms with E-state index in [0.717, 1.165) is 31.9 Å². The van der Waals surface area contributed by atoms with E-state index in [1.54, 1.807) is 25.1 Å². The first-order chi connectivity index (χ1) is 14.0. The minimum absolute atomic E-state index is 0.111. The molecule has 0 saturated carbocycles. The van der Waals surface area contributed by atoms with Gasteiger partial charge >= 0.3 is 0 Å². The Balaban J connectivity index is 1.48. The molecule has 0 bridgehead atoms. The Kier molecular flexibility index (Phi) is 6.82. The summed E-state index contributed by atoms with van der Waals surface area (Å²) in [5, 5.41) is 3.16. The fraction of sp³-hybridized carbons (Fsp3) is 0.333. The van der Waals surface area contributed by atoms with Crippen LogP contribution in [0.5, 0.6) is 11.5 Å². The molecule has 1 N–H and O–H groups in total. The van der Waals surface area contributed by atoms with E-state index >= 15 is 0 Å². The molecule has 1 heterocycles. The summed E-state index contributed by atoms with van der Waals surface area (Å²) in [5.41, 5.74) is 1.64. The molecule has 1 aliphatic rings. The number of hydrogen-bond acceptors (Lipinski definition) is 5. The quantitative estimate of drug-likeness (QED) is 0.782. The number of halogens is 1. The van der Waals surface area contributed by atoms with Gasteiger partial charge in [0.15, 0.2) is 6.61 Å². The second-order valence-corrected chi connectivity index (χ2v) is 7.08. The lowest BCUT2D eigenvalue weighted by Gasteiger charge is -2.35. The van der Waals surface area contributed by atoms with E-state index in [2.05, 4.69) is 10.2 Å². The molecule has 0 unspecified atom stereocenters. The minimum atomic E-state index is -0.282. The summed E-state index contributed by atoms with van der Waals surface area (Å²) in [6.45, 7) is 4.53. The first kappa shape index (κ1) is 20.8. The van der Waals surface area contributed by atoms with Gasteiger partial charge in [-0.3, -0.25) is 9.59 Å². The van der Waals surface area contributed by atoms with Gasteiger partial charge in [0.05, 0.1) is 12.1 Å². The van der Waals surface area contributed by atoms with Crippen LogP contribution < -0.4 is 19.7 Å². The number of amides is 2. The van der Waals surface area contributed by atoms with Crippen molar-refractivity contribution in [3.8, 4) is 11.5 Å². The zero-order chi connectivity index (χ0) is 20.8. The van der Waals surface area contributed by atoms with Crippen molar-refractivity contribution < 1.29 is 19.1 Å². The number of rotatable bonds is 6. The summed E-state index contributed by atoms with van der Waals surface area (Å²) < 4.78 is 10.7. The summed E-state index contributed by atoms with van der Waals surface area (Å²) in [4.78, 5) is 27.6. The number of carbonyl (C=O) groups is 2. The van der Waals surface area contributed by atoms with E-state index in [9.17, 15) is 9.59 Å². The highest BCUT2D eigenvalue weighted by molar-refractivity contribution is 6.32. The van der Waals surface area contributed by atoms with Gasteiger partial charge in [-0.15, -0.1) is 0 Å². The van der Waals surface area contributed by atoms with Crippen molar-refractivity contribution in [3.63, 3.8) is 0 Å². The van der Waals surface area contributed by atoms with Crippen molar-refractivity contribution in [2.45, 2.75) is 6.92 Å². The number of carbonyl (C=O) groups excluding carboxylic acids is 2. The van der Waals surface area contributed by atoms with Crippen LogP contribution in [0.4, 0.5) is 11.4 Å². The zero-order valence-corrected chi connectivity index (χ0v) is 17.2. The van der Waals surface area contributed by atoms with Gasteiger partial charge in [-0.05, 0) is 42.5 Å². The number of methoxy groups -OCH3 is 1. The van der Waals surface area contributed by atoms with Gasteiger partial charge in [0, 0.05) is 44.5 Å². The molecule has 2 aromatic carbocycles. The normalized spacial score (nSPS) is 13.8. The topological polar surface area (TPSA) is 71.1 Å². The number of nitrogens with zero attached hydrogens (tertiary/aromatic N) is 2.